The minimum Gasteiger partial charge on any atom is -0.273 e. The van der Waals surface area contributed by atoms with Crippen molar-refractivity contribution in [2.75, 3.05) is 0 Å². The van der Waals surface area contributed by atoms with Crippen LogP contribution in [0.2, 0.25) is 0 Å². The van der Waals surface area contributed by atoms with E-state index in [4.69, 9.17) is 0 Å². The first-order chi connectivity index (χ1) is 7.18. The lowest BCUT2D eigenvalue weighted by atomic mass is 10.1. The van der Waals surface area contributed by atoms with E-state index in [-0.39, 0.29) is 5.91 Å². The zero-order chi connectivity index (χ0) is 10.8. The first-order valence-corrected chi connectivity index (χ1v) is 4.81. The maximum atomic E-state index is 11.1. The average molecular weight is 200 g/mol. The first kappa shape index (κ1) is 9.65. The van der Waals surface area contributed by atoms with E-state index in [0.29, 0.717) is 0 Å². The number of hydrogen-bond acceptors (Lipinski definition) is 2. The first-order valence-electron chi connectivity index (χ1n) is 4.81. The fourth-order valence-electron chi connectivity index (χ4n) is 1.52. The molecule has 0 saturated heterocycles. The maximum Gasteiger partial charge on any atom is 0.243 e. The Kier molecular flexibility index (Phi) is 2.37. The summed E-state index contributed by atoms with van der Waals surface area (Å²) in [6, 6.07) is 9.93. The van der Waals surface area contributed by atoms with Crippen LogP contribution in [0.3, 0.4) is 0 Å². The van der Waals surface area contributed by atoms with Crippen molar-refractivity contribution < 1.29 is 4.79 Å². The van der Waals surface area contributed by atoms with Crippen LogP contribution in [0.25, 0.3) is 11.1 Å². The molecular weight excluding hydrogens is 188 g/mol. The van der Waals surface area contributed by atoms with Crippen molar-refractivity contribution in [3.8, 4) is 11.1 Å². The van der Waals surface area contributed by atoms with Crippen molar-refractivity contribution in [1.82, 2.24) is 9.78 Å². The van der Waals surface area contributed by atoms with Crippen LogP contribution in [0.1, 0.15) is 17.4 Å². The second-order valence-electron chi connectivity index (χ2n) is 3.46. The maximum absolute atomic E-state index is 11.1. The summed E-state index contributed by atoms with van der Waals surface area (Å²) in [5.74, 6) is -0.0692. The SMILES string of the molecule is CC(=O)n1cc(-c2ccccc2)c(C)n1. The van der Waals surface area contributed by atoms with Crippen LogP contribution >= 0.6 is 0 Å². The molecule has 2 aromatic rings. The van der Waals surface area contributed by atoms with Crippen molar-refractivity contribution in [1.29, 1.82) is 0 Å². The van der Waals surface area contributed by atoms with Crippen molar-refractivity contribution in [3.63, 3.8) is 0 Å². The third-order valence-corrected chi connectivity index (χ3v) is 2.31. The van der Waals surface area contributed by atoms with Gasteiger partial charge in [0.15, 0.2) is 0 Å². The summed E-state index contributed by atoms with van der Waals surface area (Å²) >= 11 is 0. The molecule has 0 amide bonds. The molecule has 0 bridgehead atoms. The highest BCUT2D eigenvalue weighted by atomic mass is 16.2. The largest absolute Gasteiger partial charge is 0.273 e. The predicted molar refractivity (Wildman–Crippen MR) is 58.7 cm³/mol. The third-order valence-electron chi connectivity index (χ3n) is 2.31. The minimum absolute atomic E-state index is 0.0692. The highest BCUT2D eigenvalue weighted by molar-refractivity contribution is 5.77. The summed E-state index contributed by atoms with van der Waals surface area (Å²) < 4.78 is 1.37. The fourth-order valence-corrected chi connectivity index (χ4v) is 1.52. The lowest BCUT2D eigenvalue weighted by molar-refractivity contribution is 0.0921. The Morgan fingerprint density at radius 2 is 1.93 bits per heavy atom. The molecular formula is C12H12N2O. The standard InChI is InChI=1S/C12H12N2O/c1-9-12(8-14(13-9)10(2)15)11-6-4-3-5-7-11/h3-8H,1-2H3. The summed E-state index contributed by atoms with van der Waals surface area (Å²) in [6.45, 7) is 3.41. The Morgan fingerprint density at radius 1 is 1.27 bits per heavy atom. The molecule has 15 heavy (non-hydrogen) atoms. The quantitative estimate of drug-likeness (QED) is 0.709. The molecule has 0 aliphatic rings. The number of aromatic nitrogens is 2. The van der Waals surface area contributed by atoms with Crippen molar-refractivity contribution >= 4 is 5.91 Å². The van der Waals surface area contributed by atoms with Gasteiger partial charge in [-0.3, -0.25) is 4.79 Å². The molecule has 0 fully saturated rings. The van der Waals surface area contributed by atoms with Crippen LogP contribution in [0, 0.1) is 6.92 Å². The molecule has 3 nitrogen and oxygen atoms in total. The number of rotatable bonds is 1. The number of hydrogen-bond donors (Lipinski definition) is 0. The summed E-state index contributed by atoms with van der Waals surface area (Å²) in [6.07, 6.45) is 1.77. The van der Waals surface area contributed by atoms with E-state index in [1.165, 1.54) is 11.6 Å². The Labute approximate surface area is 88.4 Å². The van der Waals surface area contributed by atoms with Crippen molar-refractivity contribution in [3.05, 3.63) is 42.2 Å². The van der Waals surface area contributed by atoms with Gasteiger partial charge in [-0.05, 0) is 12.5 Å². The highest BCUT2D eigenvalue weighted by Gasteiger charge is 2.08. The van der Waals surface area contributed by atoms with Crippen LogP contribution in [0.15, 0.2) is 36.5 Å². The second-order valence-corrected chi connectivity index (χ2v) is 3.46. The number of carbonyl (C=O) groups is 1. The summed E-state index contributed by atoms with van der Waals surface area (Å²) in [5, 5.41) is 4.15. The number of carbonyl (C=O) groups excluding carboxylic acids is 1. The van der Waals surface area contributed by atoms with Gasteiger partial charge in [0.25, 0.3) is 0 Å². The summed E-state index contributed by atoms with van der Waals surface area (Å²) in [5.41, 5.74) is 2.96. The van der Waals surface area contributed by atoms with Gasteiger partial charge in [-0.15, -0.1) is 0 Å². The van der Waals surface area contributed by atoms with Gasteiger partial charge >= 0.3 is 0 Å². The lowest BCUT2D eigenvalue weighted by Gasteiger charge is -1.96. The topological polar surface area (TPSA) is 34.9 Å². The number of nitrogens with zero attached hydrogens (tertiary/aromatic N) is 2. The van der Waals surface area contributed by atoms with Crippen LogP contribution in [0.5, 0.6) is 0 Å². The molecule has 0 N–H and O–H groups in total. The van der Waals surface area contributed by atoms with Gasteiger partial charge in [0.1, 0.15) is 0 Å². The van der Waals surface area contributed by atoms with Gasteiger partial charge in [-0.2, -0.15) is 5.10 Å². The van der Waals surface area contributed by atoms with Crippen LogP contribution < -0.4 is 0 Å². The molecule has 76 valence electrons. The van der Waals surface area contributed by atoms with E-state index in [2.05, 4.69) is 5.10 Å². The molecule has 0 aliphatic carbocycles. The van der Waals surface area contributed by atoms with Crippen molar-refractivity contribution in [2.45, 2.75) is 13.8 Å². The fraction of sp³-hybridized carbons (Fsp3) is 0.167. The average Bonchev–Trinajstić information content (AvgIpc) is 2.62. The van der Waals surface area contributed by atoms with Crippen molar-refractivity contribution in [2.24, 2.45) is 0 Å². The Balaban J connectivity index is 2.50. The third kappa shape index (κ3) is 1.81. The molecule has 0 aliphatic heterocycles. The van der Waals surface area contributed by atoms with Gasteiger partial charge in [0, 0.05) is 18.7 Å². The van der Waals surface area contributed by atoms with E-state index in [1.807, 2.05) is 37.3 Å². The molecule has 2 rings (SSSR count). The smallest absolute Gasteiger partial charge is 0.243 e. The zero-order valence-corrected chi connectivity index (χ0v) is 8.77. The van der Waals surface area contributed by atoms with Gasteiger partial charge in [0.2, 0.25) is 5.91 Å². The lowest BCUT2D eigenvalue weighted by Crippen LogP contribution is -2.05. The monoisotopic (exact) mass is 200 g/mol. The van der Waals surface area contributed by atoms with E-state index in [1.54, 1.807) is 6.20 Å². The number of benzene rings is 1. The summed E-state index contributed by atoms with van der Waals surface area (Å²) in [4.78, 5) is 11.1. The molecule has 0 radical (unpaired) electrons. The molecule has 1 heterocycles. The van der Waals surface area contributed by atoms with Crippen LogP contribution in [-0.4, -0.2) is 15.7 Å². The Bertz CT molecular complexity index is 486. The number of aryl methyl sites for hydroxylation is 1. The van der Waals surface area contributed by atoms with E-state index < -0.39 is 0 Å². The van der Waals surface area contributed by atoms with E-state index in [0.717, 1.165) is 16.8 Å². The highest BCUT2D eigenvalue weighted by Crippen LogP contribution is 2.21. The Morgan fingerprint density at radius 3 is 2.47 bits per heavy atom. The van der Waals surface area contributed by atoms with E-state index in [9.17, 15) is 4.79 Å². The molecule has 3 heteroatoms. The van der Waals surface area contributed by atoms with E-state index >= 15 is 0 Å². The normalized spacial score (nSPS) is 10.3. The Hall–Kier alpha value is -1.90. The van der Waals surface area contributed by atoms with Gasteiger partial charge < -0.3 is 0 Å². The molecule has 0 saturated carbocycles. The molecule has 0 atom stereocenters. The zero-order valence-electron chi connectivity index (χ0n) is 8.77. The van der Waals surface area contributed by atoms with Crippen LogP contribution in [0.4, 0.5) is 0 Å². The summed E-state index contributed by atoms with van der Waals surface area (Å²) in [7, 11) is 0. The molecule has 0 unspecified atom stereocenters. The van der Waals surface area contributed by atoms with Gasteiger partial charge in [0.05, 0.1) is 5.69 Å². The second kappa shape index (κ2) is 3.69. The molecule has 1 aromatic carbocycles. The van der Waals surface area contributed by atoms with Gasteiger partial charge in [-0.1, -0.05) is 30.3 Å². The van der Waals surface area contributed by atoms with Gasteiger partial charge in [-0.25, -0.2) is 4.68 Å². The molecule has 0 spiro atoms. The minimum atomic E-state index is -0.0692. The molecule has 1 aromatic heterocycles. The predicted octanol–water partition coefficient (Wildman–Crippen LogP) is 2.52. The van der Waals surface area contributed by atoms with Crippen LogP contribution in [-0.2, 0) is 0 Å².